The summed E-state index contributed by atoms with van der Waals surface area (Å²) in [4.78, 5) is 11.8. The molecule has 0 saturated heterocycles. The maximum atomic E-state index is 11.8. The van der Waals surface area contributed by atoms with Crippen molar-refractivity contribution in [2.75, 3.05) is 11.9 Å². The maximum Gasteiger partial charge on any atom is 0.319 e. The molecule has 0 spiro atoms. The van der Waals surface area contributed by atoms with Gasteiger partial charge in [0.2, 0.25) is 0 Å². The van der Waals surface area contributed by atoms with Gasteiger partial charge in [-0.05, 0) is 48.7 Å². The molecule has 110 valence electrons. The molecule has 0 heterocycles. The number of aryl methyl sites for hydroxylation is 1. The zero-order valence-corrected chi connectivity index (χ0v) is 12.2. The number of urea groups is 1. The Morgan fingerprint density at radius 2 is 1.81 bits per heavy atom. The summed E-state index contributed by atoms with van der Waals surface area (Å²) < 4.78 is 0. The van der Waals surface area contributed by atoms with Gasteiger partial charge in [0.15, 0.2) is 0 Å². The van der Waals surface area contributed by atoms with Crippen LogP contribution >= 0.6 is 0 Å². The molecule has 0 aliphatic heterocycles. The van der Waals surface area contributed by atoms with Gasteiger partial charge < -0.3 is 16.4 Å². The number of carbonyl (C=O) groups excluding carboxylic acids is 1. The van der Waals surface area contributed by atoms with Gasteiger partial charge in [-0.3, -0.25) is 0 Å². The predicted octanol–water partition coefficient (Wildman–Crippen LogP) is 2.82. The Hall–Kier alpha value is -2.33. The van der Waals surface area contributed by atoms with Gasteiger partial charge in [-0.1, -0.05) is 36.4 Å². The van der Waals surface area contributed by atoms with Crippen molar-refractivity contribution in [3.05, 3.63) is 65.2 Å². The monoisotopic (exact) mass is 283 g/mol. The molecule has 0 fully saturated rings. The van der Waals surface area contributed by atoms with Gasteiger partial charge >= 0.3 is 6.03 Å². The molecule has 4 heteroatoms. The highest BCUT2D eigenvalue weighted by Crippen LogP contribution is 2.09. The second kappa shape index (κ2) is 7.45. The lowest BCUT2D eigenvalue weighted by Gasteiger charge is -2.09. The van der Waals surface area contributed by atoms with Crippen molar-refractivity contribution < 1.29 is 4.79 Å². The molecule has 0 aliphatic carbocycles. The van der Waals surface area contributed by atoms with E-state index in [4.69, 9.17) is 5.73 Å². The van der Waals surface area contributed by atoms with Crippen LogP contribution in [-0.4, -0.2) is 12.6 Å². The summed E-state index contributed by atoms with van der Waals surface area (Å²) >= 11 is 0. The standard InChI is InChI=1S/C17H21N3O/c1-13-3-2-4-16(11-13)20-17(21)19-12-15-7-5-14(6-8-15)9-10-18/h2-8,11H,9-10,12,18H2,1H3,(H2,19,20,21). The molecule has 21 heavy (non-hydrogen) atoms. The summed E-state index contributed by atoms with van der Waals surface area (Å²) in [5, 5.41) is 5.66. The first-order chi connectivity index (χ1) is 10.2. The molecule has 2 rings (SSSR count). The lowest BCUT2D eigenvalue weighted by molar-refractivity contribution is 0.251. The lowest BCUT2D eigenvalue weighted by Crippen LogP contribution is -2.28. The average molecular weight is 283 g/mol. The Morgan fingerprint density at radius 1 is 1.10 bits per heavy atom. The number of anilines is 1. The molecule has 0 atom stereocenters. The second-order valence-corrected chi connectivity index (χ2v) is 5.03. The van der Waals surface area contributed by atoms with Crippen LogP contribution in [0.2, 0.25) is 0 Å². The van der Waals surface area contributed by atoms with Crippen molar-refractivity contribution in [1.82, 2.24) is 5.32 Å². The first kappa shape index (κ1) is 15.1. The van der Waals surface area contributed by atoms with Crippen LogP contribution in [0.5, 0.6) is 0 Å². The Bertz CT molecular complexity index is 593. The minimum Gasteiger partial charge on any atom is -0.334 e. The fourth-order valence-corrected chi connectivity index (χ4v) is 2.07. The van der Waals surface area contributed by atoms with Crippen LogP contribution in [0.25, 0.3) is 0 Å². The van der Waals surface area contributed by atoms with E-state index in [0.29, 0.717) is 13.1 Å². The summed E-state index contributed by atoms with van der Waals surface area (Å²) in [5.74, 6) is 0. The van der Waals surface area contributed by atoms with E-state index >= 15 is 0 Å². The van der Waals surface area contributed by atoms with Crippen molar-refractivity contribution in [3.8, 4) is 0 Å². The molecule has 0 aromatic heterocycles. The van der Waals surface area contributed by atoms with Crippen molar-refractivity contribution in [3.63, 3.8) is 0 Å². The summed E-state index contributed by atoms with van der Waals surface area (Å²) in [6.45, 7) is 3.14. The van der Waals surface area contributed by atoms with Crippen molar-refractivity contribution in [1.29, 1.82) is 0 Å². The molecule has 0 unspecified atom stereocenters. The SMILES string of the molecule is Cc1cccc(NC(=O)NCc2ccc(CCN)cc2)c1. The van der Waals surface area contributed by atoms with Crippen LogP contribution in [-0.2, 0) is 13.0 Å². The minimum absolute atomic E-state index is 0.202. The number of hydrogen-bond acceptors (Lipinski definition) is 2. The Balaban J connectivity index is 1.83. The fraction of sp³-hybridized carbons (Fsp3) is 0.235. The van der Waals surface area contributed by atoms with E-state index in [0.717, 1.165) is 23.2 Å². The third-order valence-corrected chi connectivity index (χ3v) is 3.18. The zero-order chi connectivity index (χ0) is 15.1. The van der Waals surface area contributed by atoms with E-state index in [1.807, 2.05) is 55.5 Å². The van der Waals surface area contributed by atoms with E-state index in [2.05, 4.69) is 10.6 Å². The van der Waals surface area contributed by atoms with Gasteiger partial charge in [-0.15, -0.1) is 0 Å². The number of carbonyl (C=O) groups is 1. The zero-order valence-electron chi connectivity index (χ0n) is 12.2. The Labute approximate surface area is 125 Å². The topological polar surface area (TPSA) is 67.2 Å². The van der Waals surface area contributed by atoms with Crippen LogP contribution in [0.3, 0.4) is 0 Å². The van der Waals surface area contributed by atoms with Gasteiger partial charge in [0, 0.05) is 12.2 Å². The van der Waals surface area contributed by atoms with Gasteiger partial charge in [0.05, 0.1) is 0 Å². The Kier molecular flexibility index (Phi) is 5.35. The summed E-state index contributed by atoms with van der Waals surface area (Å²) in [5.41, 5.74) is 9.71. The molecule has 4 N–H and O–H groups in total. The molecule has 2 amide bonds. The van der Waals surface area contributed by atoms with Gasteiger partial charge in [0.1, 0.15) is 0 Å². The number of benzene rings is 2. The number of hydrogen-bond donors (Lipinski definition) is 3. The predicted molar refractivity (Wildman–Crippen MR) is 86.2 cm³/mol. The van der Waals surface area contributed by atoms with Crippen LogP contribution in [0.4, 0.5) is 10.5 Å². The number of amides is 2. The molecular formula is C17H21N3O. The fourth-order valence-electron chi connectivity index (χ4n) is 2.07. The average Bonchev–Trinajstić information content (AvgIpc) is 2.47. The first-order valence-corrected chi connectivity index (χ1v) is 7.07. The van der Waals surface area contributed by atoms with Gasteiger partial charge in [-0.2, -0.15) is 0 Å². The quantitative estimate of drug-likeness (QED) is 0.790. The lowest BCUT2D eigenvalue weighted by atomic mass is 10.1. The van der Waals surface area contributed by atoms with E-state index in [9.17, 15) is 4.79 Å². The van der Waals surface area contributed by atoms with E-state index in [1.165, 1.54) is 5.56 Å². The van der Waals surface area contributed by atoms with Crippen molar-refractivity contribution in [2.24, 2.45) is 5.73 Å². The van der Waals surface area contributed by atoms with E-state index in [1.54, 1.807) is 0 Å². The normalized spacial score (nSPS) is 10.2. The third kappa shape index (κ3) is 4.93. The van der Waals surface area contributed by atoms with Gasteiger partial charge in [-0.25, -0.2) is 4.79 Å². The summed E-state index contributed by atoms with van der Waals surface area (Å²) in [7, 11) is 0. The number of nitrogens with one attached hydrogen (secondary N) is 2. The van der Waals surface area contributed by atoms with Crippen LogP contribution < -0.4 is 16.4 Å². The van der Waals surface area contributed by atoms with E-state index in [-0.39, 0.29) is 6.03 Å². The molecule has 2 aromatic rings. The van der Waals surface area contributed by atoms with Crippen molar-refractivity contribution >= 4 is 11.7 Å². The molecule has 0 bridgehead atoms. The largest absolute Gasteiger partial charge is 0.334 e. The maximum absolute atomic E-state index is 11.8. The number of nitrogens with two attached hydrogens (primary N) is 1. The molecule has 2 aromatic carbocycles. The molecule has 0 saturated carbocycles. The van der Waals surface area contributed by atoms with Crippen LogP contribution in [0.15, 0.2) is 48.5 Å². The highest BCUT2D eigenvalue weighted by Gasteiger charge is 2.02. The molecule has 0 aliphatic rings. The Morgan fingerprint density at radius 3 is 2.48 bits per heavy atom. The van der Waals surface area contributed by atoms with E-state index < -0.39 is 0 Å². The first-order valence-electron chi connectivity index (χ1n) is 7.07. The minimum atomic E-state index is -0.202. The van der Waals surface area contributed by atoms with Crippen molar-refractivity contribution in [2.45, 2.75) is 19.9 Å². The summed E-state index contributed by atoms with van der Waals surface area (Å²) in [6, 6.07) is 15.6. The van der Waals surface area contributed by atoms with Crippen LogP contribution in [0.1, 0.15) is 16.7 Å². The van der Waals surface area contributed by atoms with Crippen LogP contribution in [0, 0.1) is 6.92 Å². The smallest absolute Gasteiger partial charge is 0.319 e. The number of rotatable bonds is 5. The highest BCUT2D eigenvalue weighted by molar-refractivity contribution is 5.89. The molecular weight excluding hydrogens is 262 g/mol. The summed E-state index contributed by atoms with van der Waals surface area (Å²) in [6.07, 6.45) is 0.877. The third-order valence-electron chi connectivity index (χ3n) is 3.18. The van der Waals surface area contributed by atoms with Gasteiger partial charge in [0.25, 0.3) is 0 Å². The highest BCUT2D eigenvalue weighted by atomic mass is 16.2. The molecule has 4 nitrogen and oxygen atoms in total. The molecule has 0 radical (unpaired) electrons. The second-order valence-electron chi connectivity index (χ2n) is 5.03.